The van der Waals surface area contributed by atoms with Crippen molar-refractivity contribution in [2.45, 2.75) is 0 Å². The van der Waals surface area contributed by atoms with Crippen molar-refractivity contribution in [3.8, 4) is 11.5 Å². The van der Waals surface area contributed by atoms with Crippen molar-refractivity contribution in [1.82, 2.24) is 0 Å². The number of hydrogen-bond acceptors (Lipinski definition) is 6. The van der Waals surface area contributed by atoms with Gasteiger partial charge >= 0.3 is 12.1 Å². The third kappa shape index (κ3) is 4.14. The monoisotopic (exact) mass is 300 g/mol. The highest BCUT2D eigenvalue weighted by Gasteiger charge is 2.11. The molecule has 0 saturated carbocycles. The summed E-state index contributed by atoms with van der Waals surface area (Å²) in [4.78, 5) is 27.5. The summed E-state index contributed by atoms with van der Waals surface area (Å²) in [5, 5.41) is 6.33. The van der Waals surface area contributed by atoms with E-state index in [1.807, 2.05) is 0 Å². The first-order valence-corrected chi connectivity index (χ1v) is 6.23. The molecule has 0 spiro atoms. The van der Waals surface area contributed by atoms with Gasteiger partial charge in [-0.3, -0.25) is 9.63 Å². The SMILES string of the molecule is COc1ccccc1C(=O)N=NOC(=O)Oc1ccccc1. The van der Waals surface area contributed by atoms with Gasteiger partial charge in [-0.15, -0.1) is 0 Å². The average Bonchev–Trinajstić information content (AvgIpc) is 2.55. The Bertz CT molecular complexity index is 685. The molecular weight excluding hydrogens is 288 g/mol. The maximum atomic E-state index is 11.8. The van der Waals surface area contributed by atoms with Gasteiger partial charge in [-0.2, -0.15) is 0 Å². The van der Waals surface area contributed by atoms with E-state index in [2.05, 4.69) is 15.2 Å². The van der Waals surface area contributed by atoms with Crippen LogP contribution in [0.1, 0.15) is 10.4 Å². The summed E-state index contributed by atoms with van der Waals surface area (Å²) >= 11 is 0. The second-order valence-electron chi connectivity index (χ2n) is 3.94. The van der Waals surface area contributed by atoms with Crippen LogP contribution in [-0.4, -0.2) is 19.2 Å². The van der Waals surface area contributed by atoms with Crippen molar-refractivity contribution < 1.29 is 23.9 Å². The summed E-state index contributed by atoms with van der Waals surface area (Å²) in [5.41, 5.74) is 0.203. The fourth-order valence-corrected chi connectivity index (χ4v) is 1.57. The highest BCUT2D eigenvalue weighted by Crippen LogP contribution is 2.18. The van der Waals surface area contributed by atoms with Crippen LogP contribution in [0.3, 0.4) is 0 Å². The first-order chi connectivity index (χ1) is 10.7. The molecule has 0 heterocycles. The maximum absolute atomic E-state index is 11.8. The molecule has 7 heteroatoms. The molecule has 0 N–H and O–H groups in total. The van der Waals surface area contributed by atoms with Crippen molar-refractivity contribution in [2.24, 2.45) is 10.4 Å². The summed E-state index contributed by atoms with van der Waals surface area (Å²) in [6.07, 6.45) is -1.09. The van der Waals surface area contributed by atoms with Crippen molar-refractivity contribution in [3.05, 3.63) is 60.2 Å². The Morgan fingerprint density at radius 2 is 1.64 bits per heavy atom. The number of para-hydroxylation sites is 2. The van der Waals surface area contributed by atoms with E-state index in [0.29, 0.717) is 11.5 Å². The lowest BCUT2D eigenvalue weighted by atomic mass is 10.2. The minimum absolute atomic E-state index is 0.203. The predicted molar refractivity (Wildman–Crippen MR) is 75.7 cm³/mol. The highest BCUT2D eigenvalue weighted by atomic mass is 16.8. The van der Waals surface area contributed by atoms with Gasteiger partial charge in [-0.05, 0) is 24.3 Å². The summed E-state index contributed by atoms with van der Waals surface area (Å²) in [5.74, 6) is -0.0676. The van der Waals surface area contributed by atoms with Gasteiger partial charge in [0.1, 0.15) is 11.5 Å². The van der Waals surface area contributed by atoms with E-state index in [1.165, 1.54) is 13.2 Å². The minimum Gasteiger partial charge on any atom is -0.496 e. The summed E-state index contributed by atoms with van der Waals surface area (Å²) < 4.78 is 9.81. The number of carbonyl (C=O) groups is 2. The molecule has 0 aromatic heterocycles. The molecule has 2 aromatic rings. The van der Waals surface area contributed by atoms with Gasteiger partial charge in [0.15, 0.2) is 0 Å². The molecule has 0 atom stereocenters. The standard InChI is InChI=1S/C15H12N2O5/c1-20-13-10-6-5-9-12(13)14(18)16-17-22-15(19)21-11-7-3-2-4-8-11/h2-10H,1H3. The van der Waals surface area contributed by atoms with Gasteiger partial charge in [0.25, 0.3) is 0 Å². The molecule has 0 radical (unpaired) electrons. The number of rotatable bonds is 4. The van der Waals surface area contributed by atoms with E-state index in [1.54, 1.807) is 48.5 Å². The molecule has 112 valence electrons. The van der Waals surface area contributed by atoms with Crippen LogP contribution in [0.15, 0.2) is 65.0 Å². The van der Waals surface area contributed by atoms with Crippen molar-refractivity contribution in [2.75, 3.05) is 7.11 Å². The van der Waals surface area contributed by atoms with Gasteiger partial charge in [0, 0.05) is 5.28 Å². The Kier molecular flexibility index (Phi) is 5.20. The molecular formula is C15H12N2O5. The predicted octanol–water partition coefficient (Wildman–Crippen LogP) is 3.42. The highest BCUT2D eigenvalue weighted by molar-refractivity contribution is 5.97. The lowest BCUT2D eigenvalue weighted by Gasteiger charge is -2.03. The molecule has 0 aliphatic rings. The van der Waals surface area contributed by atoms with Crippen LogP contribution >= 0.6 is 0 Å². The van der Waals surface area contributed by atoms with Gasteiger partial charge in [-0.25, -0.2) is 4.79 Å². The van der Waals surface area contributed by atoms with Crippen LogP contribution in [0.25, 0.3) is 0 Å². The summed E-state index contributed by atoms with van der Waals surface area (Å²) in [6.45, 7) is 0. The first kappa shape index (κ1) is 15.2. The zero-order valence-electron chi connectivity index (χ0n) is 11.6. The topological polar surface area (TPSA) is 86.5 Å². The van der Waals surface area contributed by atoms with Gasteiger partial charge < -0.3 is 9.47 Å². The van der Waals surface area contributed by atoms with Gasteiger partial charge in [0.05, 0.1) is 12.7 Å². The molecule has 0 fully saturated rings. The van der Waals surface area contributed by atoms with Crippen LogP contribution in [0, 0.1) is 0 Å². The Hall–Kier alpha value is -3.22. The molecule has 1 amide bonds. The number of amides is 1. The van der Waals surface area contributed by atoms with Crippen LogP contribution in [-0.2, 0) is 4.84 Å². The van der Waals surface area contributed by atoms with Crippen molar-refractivity contribution in [1.29, 1.82) is 0 Å². The Balaban J connectivity index is 1.92. The van der Waals surface area contributed by atoms with Gasteiger partial charge in [-0.1, -0.05) is 35.4 Å². The number of nitrogens with zero attached hydrogens (tertiary/aromatic N) is 2. The van der Waals surface area contributed by atoms with Crippen LogP contribution in [0.5, 0.6) is 11.5 Å². The average molecular weight is 300 g/mol. The number of methoxy groups -OCH3 is 1. The Morgan fingerprint density at radius 3 is 2.36 bits per heavy atom. The molecule has 22 heavy (non-hydrogen) atoms. The quantitative estimate of drug-likeness (QED) is 0.374. The molecule has 0 aliphatic heterocycles. The minimum atomic E-state index is -1.09. The van der Waals surface area contributed by atoms with E-state index in [0.717, 1.165) is 0 Å². The third-order valence-corrected chi connectivity index (χ3v) is 2.53. The van der Waals surface area contributed by atoms with E-state index < -0.39 is 12.1 Å². The fraction of sp³-hybridized carbons (Fsp3) is 0.0667. The van der Waals surface area contributed by atoms with E-state index in [4.69, 9.17) is 9.47 Å². The maximum Gasteiger partial charge on any atom is 0.542 e. The van der Waals surface area contributed by atoms with Crippen LogP contribution in [0.4, 0.5) is 4.79 Å². The summed E-state index contributed by atoms with van der Waals surface area (Å²) in [7, 11) is 1.43. The number of benzene rings is 2. The normalized spacial score (nSPS) is 10.2. The third-order valence-electron chi connectivity index (χ3n) is 2.53. The molecule has 0 saturated heterocycles. The second kappa shape index (κ2) is 7.53. The number of ether oxygens (including phenoxy) is 2. The lowest BCUT2D eigenvalue weighted by Crippen LogP contribution is -2.07. The molecule has 0 aliphatic carbocycles. The number of hydrogen-bond donors (Lipinski definition) is 0. The fourth-order valence-electron chi connectivity index (χ4n) is 1.57. The zero-order chi connectivity index (χ0) is 15.8. The molecule has 0 unspecified atom stereocenters. The molecule has 0 bridgehead atoms. The van der Waals surface area contributed by atoms with Crippen molar-refractivity contribution in [3.63, 3.8) is 0 Å². The Morgan fingerprint density at radius 1 is 0.955 bits per heavy atom. The van der Waals surface area contributed by atoms with Crippen LogP contribution < -0.4 is 9.47 Å². The van der Waals surface area contributed by atoms with E-state index in [9.17, 15) is 9.59 Å². The van der Waals surface area contributed by atoms with Crippen molar-refractivity contribution >= 4 is 12.1 Å². The molecule has 2 aromatic carbocycles. The lowest BCUT2D eigenvalue weighted by molar-refractivity contribution is 0.0852. The van der Waals surface area contributed by atoms with E-state index in [-0.39, 0.29) is 5.56 Å². The summed E-state index contributed by atoms with van der Waals surface area (Å²) in [6, 6.07) is 14.8. The second-order valence-corrected chi connectivity index (χ2v) is 3.94. The molecule has 7 nitrogen and oxygen atoms in total. The number of carbonyl (C=O) groups excluding carboxylic acids is 2. The van der Waals surface area contributed by atoms with Gasteiger partial charge in [0.2, 0.25) is 0 Å². The Labute approximate surface area is 126 Å². The molecule has 2 rings (SSSR count). The zero-order valence-corrected chi connectivity index (χ0v) is 11.6. The largest absolute Gasteiger partial charge is 0.542 e. The smallest absolute Gasteiger partial charge is 0.496 e. The van der Waals surface area contributed by atoms with E-state index >= 15 is 0 Å². The first-order valence-electron chi connectivity index (χ1n) is 6.23. The van der Waals surface area contributed by atoms with Crippen LogP contribution in [0.2, 0.25) is 0 Å².